The third-order valence-corrected chi connectivity index (χ3v) is 2.63. The summed E-state index contributed by atoms with van der Waals surface area (Å²) in [6, 6.07) is 0. The Morgan fingerprint density at radius 1 is 0.947 bits per heavy atom. The molecule has 2 rings (SSSR count). The van der Waals surface area contributed by atoms with Crippen molar-refractivity contribution >= 4 is 5.82 Å². The molecule has 0 aliphatic rings. The lowest BCUT2D eigenvalue weighted by atomic mass is 10.1. The van der Waals surface area contributed by atoms with E-state index in [2.05, 4.69) is 10.3 Å². The summed E-state index contributed by atoms with van der Waals surface area (Å²) in [6.07, 6.45) is 0. The van der Waals surface area contributed by atoms with Crippen molar-refractivity contribution in [1.82, 2.24) is 15.0 Å². The van der Waals surface area contributed by atoms with Crippen LogP contribution >= 0.6 is 0 Å². The van der Waals surface area contributed by atoms with Gasteiger partial charge in [0.2, 0.25) is 5.82 Å². The molecule has 1 aromatic heterocycles. The molecule has 0 atom stereocenters. The fourth-order valence-corrected chi connectivity index (χ4v) is 1.46. The Kier molecular flexibility index (Phi) is 3.13. The lowest BCUT2D eigenvalue weighted by Crippen LogP contribution is -2.13. The SMILES string of the molecule is Cc1c(N)nnn1Cc1c(F)c(F)c(F)c(F)c1F. The number of nitrogens with two attached hydrogens (primary N) is 1. The molecular weight excluding hydrogens is 271 g/mol. The van der Waals surface area contributed by atoms with E-state index in [4.69, 9.17) is 5.73 Å². The topological polar surface area (TPSA) is 56.7 Å². The molecule has 4 nitrogen and oxygen atoms in total. The van der Waals surface area contributed by atoms with Crippen molar-refractivity contribution in [3.8, 4) is 0 Å². The maximum absolute atomic E-state index is 13.4. The second-order valence-electron chi connectivity index (χ2n) is 3.77. The molecule has 0 amide bonds. The molecule has 1 heterocycles. The van der Waals surface area contributed by atoms with Crippen molar-refractivity contribution in [3.05, 3.63) is 40.3 Å². The zero-order chi connectivity index (χ0) is 14.3. The molecule has 0 spiro atoms. The first-order chi connectivity index (χ1) is 8.84. The smallest absolute Gasteiger partial charge is 0.200 e. The van der Waals surface area contributed by atoms with Crippen molar-refractivity contribution in [2.24, 2.45) is 0 Å². The first-order valence-corrected chi connectivity index (χ1v) is 5.00. The summed E-state index contributed by atoms with van der Waals surface area (Å²) in [6.45, 7) is 0.781. The van der Waals surface area contributed by atoms with E-state index in [0.717, 1.165) is 4.68 Å². The van der Waals surface area contributed by atoms with Crippen molar-refractivity contribution in [1.29, 1.82) is 0 Å². The molecule has 0 unspecified atom stereocenters. The zero-order valence-electron chi connectivity index (χ0n) is 9.52. The number of halogens is 5. The summed E-state index contributed by atoms with van der Waals surface area (Å²) in [5, 5.41) is 6.86. The summed E-state index contributed by atoms with van der Waals surface area (Å²) in [7, 11) is 0. The normalized spacial score (nSPS) is 11.1. The first-order valence-electron chi connectivity index (χ1n) is 5.00. The van der Waals surface area contributed by atoms with E-state index >= 15 is 0 Å². The summed E-state index contributed by atoms with van der Waals surface area (Å²) >= 11 is 0. The van der Waals surface area contributed by atoms with Crippen molar-refractivity contribution in [2.75, 3.05) is 5.73 Å². The molecule has 0 saturated carbocycles. The van der Waals surface area contributed by atoms with Crippen molar-refractivity contribution in [3.63, 3.8) is 0 Å². The predicted octanol–water partition coefficient (Wildman–Crippen LogP) is 1.91. The van der Waals surface area contributed by atoms with Gasteiger partial charge in [-0.3, -0.25) is 0 Å². The number of rotatable bonds is 2. The van der Waals surface area contributed by atoms with Crippen LogP contribution in [-0.4, -0.2) is 15.0 Å². The molecular formula is C10H7F5N4. The second-order valence-corrected chi connectivity index (χ2v) is 3.77. The maximum Gasteiger partial charge on any atom is 0.200 e. The maximum atomic E-state index is 13.4. The number of hydrogen-bond acceptors (Lipinski definition) is 3. The van der Waals surface area contributed by atoms with E-state index in [-0.39, 0.29) is 11.5 Å². The highest BCUT2D eigenvalue weighted by molar-refractivity contribution is 5.32. The van der Waals surface area contributed by atoms with Gasteiger partial charge in [0.1, 0.15) is 0 Å². The van der Waals surface area contributed by atoms with Crippen LogP contribution in [0, 0.1) is 36.0 Å². The van der Waals surface area contributed by atoms with Gasteiger partial charge in [-0.05, 0) is 6.92 Å². The average Bonchev–Trinajstić information content (AvgIpc) is 2.71. The summed E-state index contributed by atoms with van der Waals surface area (Å²) in [5.41, 5.74) is 4.62. The lowest BCUT2D eigenvalue weighted by Gasteiger charge is -2.08. The van der Waals surface area contributed by atoms with Gasteiger partial charge in [-0.1, -0.05) is 5.21 Å². The van der Waals surface area contributed by atoms with Gasteiger partial charge in [-0.25, -0.2) is 26.6 Å². The van der Waals surface area contributed by atoms with Crippen LogP contribution in [-0.2, 0) is 6.54 Å². The third-order valence-electron chi connectivity index (χ3n) is 2.63. The second kappa shape index (κ2) is 4.48. The van der Waals surface area contributed by atoms with Crippen LogP contribution in [0.15, 0.2) is 0 Å². The third kappa shape index (κ3) is 2.00. The van der Waals surface area contributed by atoms with E-state index in [0.29, 0.717) is 0 Å². The van der Waals surface area contributed by atoms with Gasteiger partial charge in [-0.15, -0.1) is 5.10 Å². The molecule has 0 fully saturated rings. The number of nitrogens with zero attached hydrogens (tertiary/aromatic N) is 3. The number of hydrogen-bond donors (Lipinski definition) is 1. The molecule has 102 valence electrons. The fraction of sp³-hybridized carbons (Fsp3) is 0.200. The zero-order valence-corrected chi connectivity index (χ0v) is 9.52. The van der Waals surface area contributed by atoms with Crippen LogP contribution in [0.1, 0.15) is 11.3 Å². The Morgan fingerprint density at radius 2 is 1.42 bits per heavy atom. The Labute approximate surface area is 103 Å². The Hall–Kier alpha value is -2.19. The van der Waals surface area contributed by atoms with E-state index in [9.17, 15) is 22.0 Å². The van der Waals surface area contributed by atoms with Crippen LogP contribution in [0.25, 0.3) is 0 Å². The molecule has 19 heavy (non-hydrogen) atoms. The quantitative estimate of drug-likeness (QED) is 0.518. The van der Waals surface area contributed by atoms with Gasteiger partial charge >= 0.3 is 0 Å². The van der Waals surface area contributed by atoms with Gasteiger partial charge in [0, 0.05) is 0 Å². The van der Waals surface area contributed by atoms with E-state index in [1.807, 2.05) is 0 Å². The van der Waals surface area contributed by atoms with E-state index in [1.54, 1.807) is 0 Å². The molecule has 9 heteroatoms. The predicted molar refractivity (Wildman–Crippen MR) is 54.5 cm³/mol. The van der Waals surface area contributed by atoms with Crippen LogP contribution in [0.3, 0.4) is 0 Å². The molecule has 1 aromatic carbocycles. The van der Waals surface area contributed by atoms with Gasteiger partial charge in [-0.2, -0.15) is 0 Å². The largest absolute Gasteiger partial charge is 0.381 e. The molecule has 0 aliphatic heterocycles. The highest BCUT2D eigenvalue weighted by Gasteiger charge is 2.26. The van der Waals surface area contributed by atoms with Crippen LogP contribution in [0.4, 0.5) is 27.8 Å². The van der Waals surface area contributed by atoms with E-state index in [1.165, 1.54) is 6.92 Å². The van der Waals surface area contributed by atoms with Crippen LogP contribution < -0.4 is 5.73 Å². The minimum absolute atomic E-state index is 0.00359. The van der Waals surface area contributed by atoms with E-state index < -0.39 is 41.2 Å². The molecule has 2 N–H and O–H groups in total. The molecule has 0 aliphatic carbocycles. The number of anilines is 1. The van der Waals surface area contributed by atoms with Gasteiger partial charge in [0.15, 0.2) is 29.1 Å². The van der Waals surface area contributed by atoms with Crippen LogP contribution in [0.2, 0.25) is 0 Å². The summed E-state index contributed by atoms with van der Waals surface area (Å²) in [5.74, 6) is -9.99. The highest BCUT2D eigenvalue weighted by Crippen LogP contribution is 2.24. The number of aromatic nitrogens is 3. The van der Waals surface area contributed by atoms with Crippen molar-refractivity contribution < 1.29 is 22.0 Å². The number of benzene rings is 1. The van der Waals surface area contributed by atoms with Gasteiger partial charge in [0.25, 0.3) is 0 Å². The minimum atomic E-state index is -2.20. The fourth-order valence-electron chi connectivity index (χ4n) is 1.46. The molecule has 0 saturated heterocycles. The summed E-state index contributed by atoms with van der Waals surface area (Å²) < 4.78 is 66.6. The first kappa shape index (κ1) is 13.2. The van der Waals surface area contributed by atoms with Gasteiger partial charge in [0.05, 0.1) is 17.8 Å². The van der Waals surface area contributed by atoms with Crippen molar-refractivity contribution in [2.45, 2.75) is 13.5 Å². The number of nitrogen functional groups attached to an aromatic ring is 1. The molecule has 2 aromatic rings. The Bertz CT molecular complexity index is 623. The molecule has 0 radical (unpaired) electrons. The van der Waals surface area contributed by atoms with Crippen LogP contribution in [0.5, 0.6) is 0 Å². The standard InChI is InChI=1S/C10H7F5N4/c1-3-10(16)17-18-19(3)2-4-5(11)7(13)9(15)8(14)6(4)12/h2,16H2,1H3. The Morgan fingerprint density at radius 3 is 1.84 bits per heavy atom. The Balaban J connectivity index is 2.55. The molecule has 0 bridgehead atoms. The highest BCUT2D eigenvalue weighted by atomic mass is 19.2. The lowest BCUT2D eigenvalue weighted by molar-refractivity contribution is 0.366. The monoisotopic (exact) mass is 278 g/mol. The average molecular weight is 278 g/mol. The summed E-state index contributed by atoms with van der Waals surface area (Å²) in [4.78, 5) is 0. The van der Waals surface area contributed by atoms with Gasteiger partial charge < -0.3 is 5.73 Å². The minimum Gasteiger partial charge on any atom is -0.381 e.